The summed E-state index contributed by atoms with van der Waals surface area (Å²) < 4.78 is 27.9. The highest BCUT2D eigenvalue weighted by Gasteiger charge is 2.53. The SMILES string of the molecule is CC(=O)N[C@@H]1[C@@H](O[C@@H]2O[C@H](CO)[C@H](O)[C@H](O)[C@H]2O)[C@@H](OC(=O)C(C)(C)C)[C@@H](COC(=O)C(C)(C)C)O[C@H]1O. The molecule has 2 saturated heterocycles. The molecule has 14 nitrogen and oxygen atoms in total. The van der Waals surface area contributed by atoms with Crippen LogP contribution in [0, 0.1) is 10.8 Å². The first-order valence-corrected chi connectivity index (χ1v) is 12.3. The van der Waals surface area contributed by atoms with Crippen LogP contribution in [0.5, 0.6) is 0 Å². The molecular formula is C24H41NO13. The number of nitrogens with one attached hydrogen (secondary N) is 1. The number of amides is 1. The molecule has 0 unspecified atom stereocenters. The minimum Gasteiger partial charge on any atom is -0.462 e. The maximum Gasteiger partial charge on any atom is 0.311 e. The molecule has 2 rings (SSSR count). The van der Waals surface area contributed by atoms with Gasteiger partial charge in [-0.05, 0) is 41.5 Å². The van der Waals surface area contributed by atoms with E-state index in [-0.39, 0.29) is 0 Å². The first-order chi connectivity index (χ1) is 17.4. The molecule has 2 fully saturated rings. The fourth-order valence-corrected chi connectivity index (χ4v) is 3.76. The molecule has 0 radical (unpaired) electrons. The van der Waals surface area contributed by atoms with Crippen LogP contribution in [0.25, 0.3) is 0 Å². The van der Waals surface area contributed by atoms with Crippen LogP contribution in [0.4, 0.5) is 0 Å². The summed E-state index contributed by atoms with van der Waals surface area (Å²) in [6.07, 6.45) is -14.3. The summed E-state index contributed by atoms with van der Waals surface area (Å²) in [5.74, 6) is -1.94. The Labute approximate surface area is 221 Å². The third-order valence-corrected chi connectivity index (χ3v) is 6.02. The molecule has 0 bridgehead atoms. The zero-order valence-electron chi connectivity index (χ0n) is 22.7. The summed E-state index contributed by atoms with van der Waals surface area (Å²) >= 11 is 0. The van der Waals surface area contributed by atoms with Gasteiger partial charge in [0.15, 0.2) is 18.7 Å². The van der Waals surface area contributed by atoms with Gasteiger partial charge in [0.25, 0.3) is 0 Å². The van der Waals surface area contributed by atoms with Crippen molar-refractivity contribution in [1.82, 2.24) is 5.32 Å². The van der Waals surface area contributed by atoms with E-state index in [1.807, 2.05) is 0 Å². The van der Waals surface area contributed by atoms with Gasteiger partial charge in [0, 0.05) is 6.92 Å². The Morgan fingerprint density at radius 2 is 1.39 bits per heavy atom. The highest BCUT2D eigenvalue weighted by atomic mass is 16.7. The zero-order chi connectivity index (χ0) is 29.2. The first kappa shape index (κ1) is 32.3. The molecule has 0 aromatic heterocycles. The molecule has 0 aromatic rings. The first-order valence-electron chi connectivity index (χ1n) is 12.3. The van der Waals surface area contributed by atoms with E-state index in [4.69, 9.17) is 23.7 Å². The quantitative estimate of drug-likeness (QED) is 0.188. The van der Waals surface area contributed by atoms with Gasteiger partial charge in [0.2, 0.25) is 5.91 Å². The number of aliphatic hydroxyl groups is 5. The molecule has 14 heteroatoms. The van der Waals surface area contributed by atoms with Crippen LogP contribution in [0.1, 0.15) is 48.5 Å². The van der Waals surface area contributed by atoms with Crippen molar-refractivity contribution in [2.24, 2.45) is 10.8 Å². The van der Waals surface area contributed by atoms with Gasteiger partial charge < -0.3 is 54.5 Å². The zero-order valence-corrected chi connectivity index (χ0v) is 22.7. The van der Waals surface area contributed by atoms with Crippen molar-refractivity contribution in [3.63, 3.8) is 0 Å². The van der Waals surface area contributed by atoms with Gasteiger partial charge in [-0.3, -0.25) is 14.4 Å². The molecule has 220 valence electrons. The lowest BCUT2D eigenvalue weighted by Gasteiger charge is -2.47. The summed E-state index contributed by atoms with van der Waals surface area (Å²) in [5, 5.41) is 53.5. The lowest BCUT2D eigenvalue weighted by atomic mass is 9.93. The van der Waals surface area contributed by atoms with Gasteiger partial charge in [-0.25, -0.2) is 0 Å². The Morgan fingerprint density at radius 3 is 1.89 bits per heavy atom. The predicted molar refractivity (Wildman–Crippen MR) is 127 cm³/mol. The summed E-state index contributed by atoms with van der Waals surface area (Å²) in [5.41, 5.74) is -1.89. The average molecular weight is 552 g/mol. The Bertz CT molecular complexity index is 836. The fraction of sp³-hybridized carbons (Fsp3) is 0.875. The van der Waals surface area contributed by atoms with Crippen LogP contribution >= 0.6 is 0 Å². The second kappa shape index (κ2) is 12.5. The second-order valence-electron chi connectivity index (χ2n) is 11.6. The van der Waals surface area contributed by atoms with Gasteiger partial charge in [-0.2, -0.15) is 0 Å². The van der Waals surface area contributed by atoms with E-state index < -0.39 is 103 Å². The molecule has 6 N–H and O–H groups in total. The number of hydrogen-bond donors (Lipinski definition) is 6. The van der Waals surface area contributed by atoms with E-state index in [1.165, 1.54) is 0 Å². The summed E-state index contributed by atoms with van der Waals surface area (Å²) in [6.45, 7) is 9.58. The normalized spacial score (nSPS) is 36.3. The highest BCUT2D eigenvalue weighted by Crippen LogP contribution is 2.32. The van der Waals surface area contributed by atoms with Crippen LogP contribution in [0.15, 0.2) is 0 Å². The molecule has 38 heavy (non-hydrogen) atoms. The van der Waals surface area contributed by atoms with E-state index >= 15 is 0 Å². The summed E-state index contributed by atoms with van der Waals surface area (Å²) in [4.78, 5) is 37.3. The van der Waals surface area contributed by atoms with Gasteiger partial charge in [-0.1, -0.05) is 0 Å². The monoisotopic (exact) mass is 551 g/mol. The van der Waals surface area contributed by atoms with E-state index in [0.29, 0.717) is 0 Å². The van der Waals surface area contributed by atoms with Crippen LogP contribution in [0.3, 0.4) is 0 Å². The number of esters is 2. The maximum absolute atomic E-state index is 12.9. The van der Waals surface area contributed by atoms with Crippen molar-refractivity contribution >= 4 is 17.8 Å². The molecule has 0 aliphatic carbocycles. The number of carbonyl (C=O) groups is 3. The van der Waals surface area contributed by atoms with Crippen LogP contribution in [0.2, 0.25) is 0 Å². The number of aliphatic hydroxyl groups excluding tert-OH is 5. The Hall–Kier alpha value is -1.91. The molecule has 2 aliphatic heterocycles. The van der Waals surface area contributed by atoms with Crippen LogP contribution in [-0.4, -0.2) is 118 Å². The highest BCUT2D eigenvalue weighted by molar-refractivity contribution is 5.76. The Morgan fingerprint density at radius 1 is 0.816 bits per heavy atom. The lowest BCUT2D eigenvalue weighted by molar-refractivity contribution is -0.342. The number of carbonyl (C=O) groups excluding carboxylic acids is 3. The van der Waals surface area contributed by atoms with Gasteiger partial charge in [-0.15, -0.1) is 0 Å². The maximum atomic E-state index is 12.9. The third-order valence-electron chi connectivity index (χ3n) is 6.02. The van der Waals surface area contributed by atoms with Gasteiger partial charge in [0.1, 0.15) is 49.3 Å². The molecule has 1 amide bonds. The third kappa shape index (κ3) is 7.82. The number of rotatable bonds is 7. The van der Waals surface area contributed by atoms with Gasteiger partial charge in [0.05, 0.1) is 17.4 Å². The largest absolute Gasteiger partial charge is 0.462 e. The van der Waals surface area contributed by atoms with Crippen LogP contribution < -0.4 is 5.32 Å². The van der Waals surface area contributed by atoms with Crippen molar-refractivity contribution < 1.29 is 63.6 Å². The molecule has 2 aliphatic rings. The summed E-state index contributed by atoms with van der Waals surface area (Å²) in [6, 6.07) is -1.38. The van der Waals surface area contributed by atoms with E-state index in [2.05, 4.69) is 5.32 Å². The molecule has 0 saturated carbocycles. The molecule has 10 atom stereocenters. The smallest absolute Gasteiger partial charge is 0.311 e. The minimum atomic E-state index is -1.83. The van der Waals surface area contributed by atoms with E-state index in [1.54, 1.807) is 41.5 Å². The molecular weight excluding hydrogens is 510 g/mol. The molecule has 0 aromatic carbocycles. The lowest BCUT2D eigenvalue weighted by Crippen LogP contribution is -2.68. The van der Waals surface area contributed by atoms with Crippen molar-refractivity contribution in [1.29, 1.82) is 0 Å². The standard InChI is InChI=1S/C24H41NO13/c1-10(27)25-13-18(37-20-16(30)15(29)14(28)11(8-26)36-20)17(38-22(33)24(5,6)7)12(35-19(13)31)9-34-21(32)23(2,3)4/h11-20,26,28-31H,8-9H2,1-7H3,(H,25,27)/t11-,12-,13-,14+,15+,16-,17+,18-,19-,20+/m1/s1. The van der Waals surface area contributed by atoms with E-state index in [9.17, 15) is 39.9 Å². The Balaban J connectivity index is 2.47. The fourth-order valence-electron chi connectivity index (χ4n) is 3.76. The Kier molecular flexibility index (Phi) is 10.6. The van der Waals surface area contributed by atoms with E-state index in [0.717, 1.165) is 6.92 Å². The van der Waals surface area contributed by atoms with Crippen molar-refractivity contribution in [2.45, 2.75) is 110 Å². The van der Waals surface area contributed by atoms with Crippen molar-refractivity contribution in [2.75, 3.05) is 13.2 Å². The van der Waals surface area contributed by atoms with Crippen LogP contribution in [-0.2, 0) is 38.1 Å². The molecule has 0 spiro atoms. The summed E-state index contributed by atoms with van der Waals surface area (Å²) in [7, 11) is 0. The van der Waals surface area contributed by atoms with Gasteiger partial charge >= 0.3 is 11.9 Å². The van der Waals surface area contributed by atoms with Crippen molar-refractivity contribution in [3.8, 4) is 0 Å². The average Bonchev–Trinajstić information content (AvgIpc) is 2.79. The minimum absolute atomic E-state index is 0.476. The molecule has 2 heterocycles. The number of hydrogen-bond acceptors (Lipinski definition) is 13. The second-order valence-corrected chi connectivity index (χ2v) is 11.6. The predicted octanol–water partition coefficient (Wildman–Crippen LogP) is -2.06. The topological polar surface area (TPSA) is 211 Å². The number of ether oxygens (including phenoxy) is 5. The van der Waals surface area contributed by atoms with Crippen molar-refractivity contribution in [3.05, 3.63) is 0 Å².